The van der Waals surface area contributed by atoms with Crippen molar-refractivity contribution in [3.63, 3.8) is 0 Å². The quantitative estimate of drug-likeness (QED) is 0.793. The first-order valence-corrected chi connectivity index (χ1v) is 6.85. The van der Waals surface area contributed by atoms with Gasteiger partial charge in [-0.3, -0.25) is 0 Å². The van der Waals surface area contributed by atoms with Crippen LogP contribution in [0.5, 0.6) is 0 Å². The van der Waals surface area contributed by atoms with Gasteiger partial charge in [-0.15, -0.1) is 0 Å². The number of amides is 2. The zero-order valence-electron chi connectivity index (χ0n) is 13.1. The fourth-order valence-electron chi connectivity index (χ4n) is 1.58. The zero-order valence-corrected chi connectivity index (χ0v) is 13.1. The largest absolute Gasteiger partial charge is 0.324 e. The number of hydrogen-bond donors (Lipinski definition) is 1. The SMILES string of the molecule is CC(C)CN(CC(C)C)C(=O)N/C=C/C(C)(C)C. The van der Waals surface area contributed by atoms with Crippen molar-refractivity contribution in [3.05, 3.63) is 12.3 Å². The molecule has 0 rings (SSSR count). The second-order valence-corrected chi connectivity index (χ2v) is 6.84. The molecule has 0 aromatic carbocycles. The molecule has 0 bridgehead atoms. The first-order chi connectivity index (χ1) is 8.11. The number of carbonyl (C=O) groups excluding carboxylic acids is 1. The summed E-state index contributed by atoms with van der Waals surface area (Å²) < 4.78 is 0. The van der Waals surface area contributed by atoms with Gasteiger partial charge in [-0.05, 0) is 17.3 Å². The van der Waals surface area contributed by atoms with E-state index in [-0.39, 0.29) is 11.4 Å². The van der Waals surface area contributed by atoms with E-state index in [1.165, 1.54) is 0 Å². The highest BCUT2D eigenvalue weighted by atomic mass is 16.2. The fraction of sp³-hybridized carbons (Fsp3) is 0.800. The van der Waals surface area contributed by atoms with Gasteiger partial charge in [0.25, 0.3) is 0 Å². The Balaban J connectivity index is 4.42. The van der Waals surface area contributed by atoms with Gasteiger partial charge in [-0.1, -0.05) is 54.5 Å². The summed E-state index contributed by atoms with van der Waals surface area (Å²) in [6.45, 7) is 16.4. The van der Waals surface area contributed by atoms with E-state index in [0.29, 0.717) is 11.8 Å². The number of urea groups is 1. The summed E-state index contributed by atoms with van der Waals surface area (Å²) in [5, 5.41) is 2.86. The van der Waals surface area contributed by atoms with Crippen LogP contribution < -0.4 is 5.32 Å². The average Bonchev–Trinajstić information content (AvgIpc) is 2.12. The van der Waals surface area contributed by atoms with E-state index in [0.717, 1.165) is 13.1 Å². The molecular formula is C15H30N2O. The minimum Gasteiger partial charge on any atom is -0.324 e. The van der Waals surface area contributed by atoms with Crippen molar-refractivity contribution in [3.8, 4) is 0 Å². The maximum Gasteiger partial charge on any atom is 0.321 e. The van der Waals surface area contributed by atoms with Crippen LogP contribution >= 0.6 is 0 Å². The minimum atomic E-state index is -0.00194. The molecule has 0 aliphatic heterocycles. The molecule has 0 aliphatic rings. The predicted octanol–water partition coefficient (Wildman–Crippen LogP) is 3.87. The van der Waals surface area contributed by atoms with Crippen molar-refractivity contribution in [2.45, 2.75) is 48.5 Å². The first kappa shape index (κ1) is 17.0. The van der Waals surface area contributed by atoms with Crippen LogP contribution in [-0.2, 0) is 0 Å². The highest BCUT2D eigenvalue weighted by molar-refractivity contribution is 5.75. The third-order valence-electron chi connectivity index (χ3n) is 2.25. The molecule has 0 radical (unpaired) electrons. The molecular weight excluding hydrogens is 224 g/mol. The molecule has 0 spiro atoms. The van der Waals surface area contributed by atoms with Gasteiger partial charge in [0, 0.05) is 19.3 Å². The van der Waals surface area contributed by atoms with E-state index in [9.17, 15) is 4.79 Å². The van der Waals surface area contributed by atoms with Crippen LogP contribution in [0, 0.1) is 17.3 Å². The van der Waals surface area contributed by atoms with Crippen molar-refractivity contribution in [2.75, 3.05) is 13.1 Å². The van der Waals surface area contributed by atoms with Crippen LogP contribution in [0.2, 0.25) is 0 Å². The van der Waals surface area contributed by atoms with Gasteiger partial charge in [0.2, 0.25) is 0 Å². The van der Waals surface area contributed by atoms with Crippen LogP contribution in [0.3, 0.4) is 0 Å². The Morgan fingerprint density at radius 3 is 1.89 bits per heavy atom. The van der Waals surface area contributed by atoms with Crippen molar-refractivity contribution in [1.29, 1.82) is 0 Å². The summed E-state index contributed by atoms with van der Waals surface area (Å²) in [5.41, 5.74) is 0.0915. The van der Waals surface area contributed by atoms with E-state index >= 15 is 0 Å². The van der Waals surface area contributed by atoms with Gasteiger partial charge >= 0.3 is 6.03 Å². The molecule has 0 fully saturated rings. The molecule has 0 saturated heterocycles. The third-order valence-corrected chi connectivity index (χ3v) is 2.25. The van der Waals surface area contributed by atoms with E-state index < -0.39 is 0 Å². The average molecular weight is 254 g/mol. The van der Waals surface area contributed by atoms with Gasteiger partial charge in [0.05, 0.1) is 0 Å². The Hall–Kier alpha value is -0.990. The van der Waals surface area contributed by atoms with Gasteiger partial charge in [-0.25, -0.2) is 4.79 Å². The summed E-state index contributed by atoms with van der Waals surface area (Å²) in [6, 6.07) is -0.00194. The molecule has 0 aliphatic carbocycles. The highest BCUT2D eigenvalue weighted by Crippen LogP contribution is 2.13. The van der Waals surface area contributed by atoms with Crippen LogP contribution in [0.4, 0.5) is 4.79 Å². The van der Waals surface area contributed by atoms with Crippen LogP contribution in [0.1, 0.15) is 48.5 Å². The molecule has 3 nitrogen and oxygen atoms in total. The summed E-state index contributed by atoms with van der Waals surface area (Å²) in [5.74, 6) is 0.974. The molecule has 18 heavy (non-hydrogen) atoms. The predicted molar refractivity (Wildman–Crippen MR) is 78.4 cm³/mol. The van der Waals surface area contributed by atoms with Crippen molar-refractivity contribution < 1.29 is 4.79 Å². The summed E-state index contributed by atoms with van der Waals surface area (Å²) >= 11 is 0. The van der Waals surface area contributed by atoms with E-state index in [2.05, 4.69) is 53.8 Å². The number of nitrogens with zero attached hydrogens (tertiary/aromatic N) is 1. The Kier molecular flexibility index (Phi) is 7.04. The van der Waals surface area contributed by atoms with E-state index in [1.54, 1.807) is 6.20 Å². The monoisotopic (exact) mass is 254 g/mol. The molecule has 3 heteroatoms. The summed E-state index contributed by atoms with van der Waals surface area (Å²) in [4.78, 5) is 14.0. The lowest BCUT2D eigenvalue weighted by atomic mass is 9.97. The van der Waals surface area contributed by atoms with Crippen molar-refractivity contribution in [2.24, 2.45) is 17.3 Å². The van der Waals surface area contributed by atoms with Crippen LogP contribution in [0.15, 0.2) is 12.3 Å². The standard InChI is InChI=1S/C15H30N2O/c1-12(2)10-17(11-13(3)4)14(18)16-9-8-15(5,6)7/h8-9,12-13H,10-11H2,1-7H3,(H,16,18)/b9-8+. The minimum absolute atomic E-state index is 0.00194. The smallest absolute Gasteiger partial charge is 0.321 e. The van der Waals surface area contributed by atoms with Crippen LogP contribution in [0.25, 0.3) is 0 Å². The lowest BCUT2D eigenvalue weighted by molar-refractivity contribution is 0.187. The van der Waals surface area contributed by atoms with Gasteiger partial charge < -0.3 is 10.2 Å². The Bertz CT molecular complexity index is 265. The Labute approximate surface area is 113 Å². The number of nitrogens with one attached hydrogen (secondary N) is 1. The normalized spacial score (nSPS) is 12.5. The summed E-state index contributed by atoms with van der Waals surface area (Å²) in [6.07, 6.45) is 3.77. The van der Waals surface area contributed by atoms with Crippen molar-refractivity contribution >= 4 is 6.03 Å². The number of allylic oxidation sites excluding steroid dienone is 1. The Morgan fingerprint density at radius 2 is 1.56 bits per heavy atom. The van der Waals surface area contributed by atoms with Crippen molar-refractivity contribution in [1.82, 2.24) is 10.2 Å². The van der Waals surface area contributed by atoms with E-state index in [1.807, 2.05) is 11.0 Å². The maximum atomic E-state index is 12.1. The van der Waals surface area contributed by atoms with Gasteiger partial charge in [-0.2, -0.15) is 0 Å². The highest BCUT2D eigenvalue weighted by Gasteiger charge is 2.15. The topological polar surface area (TPSA) is 32.3 Å². The van der Waals surface area contributed by atoms with Gasteiger partial charge in [0.15, 0.2) is 0 Å². The molecule has 0 saturated carbocycles. The number of hydrogen-bond acceptors (Lipinski definition) is 1. The maximum absolute atomic E-state index is 12.1. The molecule has 0 atom stereocenters. The zero-order chi connectivity index (χ0) is 14.3. The molecule has 1 N–H and O–H groups in total. The number of rotatable bonds is 5. The summed E-state index contributed by atoms with van der Waals surface area (Å²) in [7, 11) is 0. The molecule has 0 unspecified atom stereocenters. The van der Waals surface area contributed by atoms with Gasteiger partial charge in [0.1, 0.15) is 0 Å². The molecule has 0 aromatic rings. The lowest BCUT2D eigenvalue weighted by Crippen LogP contribution is -2.42. The molecule has 0 aromatic heterocycles. The second-order valence-electron chi connectivity index (χ2n) is 6.84. The first-order valence-electron chi connectivity index (χ1n) is 6.85. The fourth-order valence-corrected chi connectivity index (χ4v) is 1.58. The van der Waals surface area contributed by atoms with E-state index in [4.69, 9.17) is 0 Å². The number of carbonyl (C=O) groups is 1. The molecule has 106 valence electrons. The lowest BCUT2D eigenvalue weighted by Gasteiger charge is -2.26. The molecule has 0 heterocycles. The third kappa shape index (κ3) is 9.08. The van der Waals surface area contributed by atoms with Crippen LogP contribution in [-0.4, -0.2) is 24.0 Å². The second kappa shape index (κ2) is 7.45. The Morgan fingerprint density at radius 1 is 1.11 bits per heavy atom. The molecule has 2 amide bonds.